The van der Waals surface area contributed by atoms with E-state index in [9.17, 15) is 0 Å². The molecule has 0 bridgehead atoms. The molecule has 0 aliphatic heterocycles. The van der Waals surface area contributed by atoms with Gasteiger partial charge in [-0.25, -0.2) is 0 Å². The summed E-state index contributed by atoms with van der Waals surface area (Å²) < 4.78 is 0. The van der Waals surface area contributed by atoms with Crippen LogP contribution in [0.1, 0.15) is 0 Å². The molecule has 0 aromatic rings. The molecular weight excluding hydrogens is 309 g/mol. The molecule has 0 aromatic carbocycles. The Balaban J connectivity index is 4.75. The molecular formula is H24Si11. The Morgan fingerprint density at radius 1 is 0.455 bits per heavy atom. The fourth-order valence-electron chi connectivity index (χ4n) is 1.12. The Morgan fingerprint density at radius 2 is 0.636 bits per heavy atom. The Bertz CT molecular complexity index is 111. The van der Waals surface area contributed by atoms with E-state index in [1.165, 1.54) is 0 Å². The first-order valence-electron chi connectivity index (χ1n) is 4.50. The summed E-state index contributed by atoms with van der Waals surface area (Å²) >= 11 is 0. The van der Waals surface area contributed by atoms with Crippen molar-refractivity contribution in [2.45, 2.75) is 0 Å². The predicted molar refractivity (Wildman–Crippen MR) is 96.8 cm³/mol. The highest BCUT2D eigenvalue weighted by Gasteiger charge is 2.45. The fraction of sp³-hybridized carbons (Fsp3) is 0. The third-order valence-electron chi connectivity index (χ3n) is 3.75. The average Bonchev–Trinajstić information content (AvgIpc) is 1.58. The van der Waals surface area contributed by atoms with Crippen LogP contribution in [0, 0.1) is 0 Å². The zero-order valence-corrected chi connectivity index (χ0v) is 28.5. The molecule has 0 unspecified atom stereocenters. The fourth-order valence-corrected chi connectivity index (χ4v) is 273. The van der Waals surface area contributed by atoms with Gasteiger partial charge in [0.15, 0.2) is 0 Å². The van der Waals surface area contributed by atoms with Crippen LogP contribution in [0.3, 0.4) is 0 Å². The Morgan fingerprint density at radius 3 is 0.636 bits per heavy atom. The van der Waals surface area contributed by atoms with Crippen LogP contribution in [0.15, 0.2) is 0 Å². The van der Waals surface area contributed by atoms with Gasteiger partial charge in [0.25, 0.3) is 0 Å². The molecule has 0 N–H and O–H groups in total. The normalized spacial score (nSPS) is 30.5. The highest BCUT2D eigenvalue weighted by Crippen LogP contribution is 2.07. The molecule has 0 atom stereocenters. The van der Waals surface area contributed by atoms with Gasteiger partial charge in [-0.2, -0.15) is 0 Å². The lowest BCUT2D eigenvalue weighted by molar-refractivity contribution is 3.31. The Hall–Kier alpha value is 2.39. The van der Waals surface area contributed by atoms with Gasteiger partial charge >= 0.3 is 0 Å². The van der Waals surface area contributed by atoms with E-state index in [2.05, 4.69) is 0 Å². The summed E-state index contributed by atoms with van der Waals surface area (Å²) in [7, 11) is 14.2. The lowest BCUT2D eigenvalue weighted by atomic mass is 25.6. The SMILES string of the molecule is [SiH3][Si]([SiH3])([SiH3])[Si]([SiH3])([SiH3])[Si]([SiH3])([SiH3])[SiH3]. The van der Waals surface area contributed by atoms with Crippen molar-refractivity contribution < 1.29 is 0 Å². The Kier molecular flexibility index (Phi) is 4.70. The maximum absolute atomic E-state index is 1.80. The largest absolute Gasteiger partial charge is 0.0110 e. The standard InChI is InChI=1S/H24Si11/c1-9(2,3)11(7,8)10(4,5)6/h1-8H3. The lowest BCUT2D eigenvalue weighted by Gasteiger charge is -2.45. The van der Waals surface area contributed by atoms with E-state index in [1.54, 1.807) is 78.1 Å². The molecule has 0 aromatic heterocycles. The van der Waals surface area contributed by atoms with Gasteiger partial charge in [0.05, 0.1) is 0 Å². The number of rotatable bonds is 2. The van der Waals surface area contributed by atoms with Crippen molar-refractivity contribution in [1.29, 1.82) is 0 Å². The van der Waals surface area contributed by atoms with E-state index in [0.29, 0.717) is 0 Å². The number of hydrogen-bond acceptors (Lipinski definition) is 0. The number of hydrogen-bond donors (Lipinski definition) is 0. The summed E-state index contributed by atoms with van der Waals surface area (Å²) in [6.07, 6.45) is -0.531. The van der Waals surface area contributed by atoms with Gasteiger partial charge in [0, 0.05) is 0 Å². The predicted octanol–water partition coefficient (Wildman–Crippen LogP) is -10.6. The van der Waals surface area contributed by atoms with Gasteiger partial charge in [-0.1, -0.05) is 0 Å². The average molecular weight is 333 g/mol. The molecule has 11 heteroatoms. The van der Waals surface area contributed by atoms with Gasteiger partial charge in [-0.05, 0) is 96.5 Å². The van der Waals surface area contributed by atoms with Gasteiger partial charge in [0.2, 0.25) is 0 Å². The first-order valence-corrected chi connectivity index (χ1v) is 40.5. The summed E-state index contributed by atoms with van der Waals surface area (Å²) in [4.78, 5) is 0. The van der Waals surface area contributed by atoms with E-state index in [0.717, 1.165) is 0 Å². The first kappa shape index (κ1) is 13.4. The highest BCUT2D eigenvalue weighted by molar-refractivity contribution is 8.21. The van der Waals surface area contributed by atoms with E-state index in [4.69, 9.17) is 0 Å². The quantitative estimate of drug-likeness (QED) is 0.441. The third-order valence-corrected chi connectivity index (χ3v) is 304. The van der Waals surface area contributed by atoms with Crippen LogP contribution in [0.2, 0.25) is 0 Å². The molecule has 0 fully saturated rings. The third kappa shape index (κ3) is 3.21. The van der Waals surface area contributed by atoms with Crippen molar-refractivity contribution in [2.24, 2.45) is 0 Å². The molecule has 68 valence electrons. The van der Waals surface area contributed by atoms with Crippen LogP contribution >= 0.6 is 0 Å². The van der Waals surface area contributed by atoms with Crippen molar-refractivity contribution in [2.75, 3.05) is 0 Å². The molecule has 0 radical (unpaired) electrons. The van der Waals surface area contributed by atoms with Crippen LogP contribution in [0.5, 0.6) is 0 Å². The Labute approximate surface area is 95.8 Å². The second-order valence-corrected chi connectivity index (χ2v) is 165. The smallest absolute Gasteiger partial charge is 0.00418 e. The summed E-state index contributed by atoms with van der Waals surface area (Å²) in [5.41, 5.74) is 0. The molecule has 0 nitrogen and oxygen atoms in total. The minimum Gasteiger partial charge on any atom is -0.0110 e. The van der Waals surface area contributed by atoms with Gasteiger partial charge < -0.3 is 0 Å². The van der Waals surface area contributed by atoms with Crippen LogP contribution in [-0.4, -0.2) is 96.5 Å². The summed E-state index contributed by atoms with van der Waals surface area (Å²) in [6.45, 7) is 0. The van der Waals surface area contributed by atoms with Crippen LogP contribution in [0.4, 0.5) is 0 Å². The summed E-state index contributed by atoms with van der Waals surface area (Å²) in [6, 6.07) is 0. The van der Waals surface area contributed by atoms with Crippen molar-refractivity contribution in [1.82, 2.24) is 0 Å². The second-order valence-electron chi connectivity index (χ2n) is 6.12. The molecule has 11 heavy (non-hydrogen) atoms. The molecule has 0 heterocycles. The maximum atomic E-state index is 1.80. The molecule has 0 saturated heterocycles. The van der Waals surface area contributed by atoms with E-state index < -0.39 is 0 Å². The van der Waals surface area contributed by atoms with Gasteiger partial charge in [0.1, 0.15) is 0 Å². The van der Waals surface area contributed by atoms with Crippen molar-refractivity contribution in [3.63, 3.8) is 0 Å². The minimum atomic E-state index is -0.181. The molecule has 0 spiro atoms. The lowest BCUT2D eigenvalue weighted by Crippen LogP contribution is -2.83. The summed E-state index contributed by atoms with van der Waals surface area (Å²) in [5.74, 6) is 0. The van der Waals surface area contributed by atoms with Gasteiger partial charge in [-0.3, -0.25) is 0 Å². The first-order chi connectivity index (χ1) is 4.50. The molecule has 0 aliphatic rings. The zero-order chi connectivity index (χ0) is 9.50. The highest BCUT2D eigenvalue weighted by atomic mass is 30.5. The molecule has 0 amide bonds. The zero-order valence-electron chi connectivity index (χ0n) is 9.50. The summed E-state index contributed by atoms with van der Waals surface area (Å²) in [5, 5.41) is 0. The van der Waals surface area contributed by atoms with E-state index >= 15 is 0 Å². The van der Waals surface area contributed by atoms with Gasteiger partial charge in [-0.15, -0.1) is 0 Å². The van der Waals surface area contributed by atoms with Crippen LogP contribution in [0.25, 0.3) is 0 Å². The maximum Gasteiger partial charge on any atom is -0.00418 e. The second kappa shape index (κ2) is 3.86. The van der Waals surface area contributed by atoms with Crippen molar-refractivity contribution in [3.8, 4) is 0 Å². The topological polar surface area (TPSA) is 0 Å². The minimum absolute atomic E-state index is 0.175. The van der Waals surface area contributed by atoms with E-state index in [-0.39, 0.29) is 18.4 Å². The molecule has 0 saturated carbocycles. The van der Waals surface area contributed by atoms with Crippen LogP contribution in [-0.2, 0) is 0 Å². The van der Waals surface area contributed by atoms with E-state index in [1.807, 2.05) is 0 Å². The monoisotopic (exact) mass is 332 g/mol. The van der Waals surface area contributed by atoms with Crippen LogP contribution < -0.4 is 0 Å². The van der Waals surface area contributed by atoms with Crippen molar-refractivity contribution >= 4 is 96.5 Å². The molecule has 0 aliphatic carbocycles. The molecule has 0 rings (SSSR count). The van der Waals surface area contributed by atoms with Crippen molar-refractivity contribution in [3.05, 3.63) is 0 Å².